The van der Waals surface area contributed by atoms with Crippen molar-refractivity contribution in [3.05, 3.63) is 64.7 Å². The molecule has 0 unspecified atom stereocenters. The van der Waals surface area contributed by atoms with Crippen molar-refractivity contribution in [1.82, 2.24) is 0 Å². The summed E-state index contributed by atoms with van der Waals surface area (Å²) >= 11 is 0. The molecule has 0 radical (unpaired) electrons. The lowest BCUT2D eigenvalue weighted by atomic mass is 10.1. The first-order valence-corrected chi connectivity index (χ1v) is 6.25. The van der Waals surface area contributed by atoms with Crippen LogP contribution in [0.2, 0.25) is 0 Å². The summed E-state index contributed by atoms with van der Waals surface area (Å²) < 4.78 is 0. The zero-order valence-electron chi connectivity index (χ0n) is 11.0. The molecule has 2 aromatic rings. The Balaban J connectivity index is 2.17. The van der Waals surface area contributed by atoms with Crippen molar-refractivity contribution in [2.75, 3.05) is 0 Å². The van der Waals surface area contributed by atoms with E-state index >= 15 is 0 Å². The van der Waals surface area contributed by atoms with Crippen LogP contribution < -0.4 is 5.73 Å². The molecule has 1 heterocycles. The Bertz CT molecular complexity index is 691. The highest BCUT2D eigenvalue weighted by Gasteiger charge is 2.19. The lowest BCUT2D eigenvalue weighted by molar-refractivity contribution is 1.32. The quantitative estimate of drug-likeness (QED) is 0.829. The molecular weight excluding hydrogens is 234 g/mol. The van der Waals surface area contributed by atoms with Crippen LogP contribution in [0.3, 0.4) is 0 Å². The fourth-order valence-electron chi connectivity index (χ4n) is 2.31. The summed E-state index contributed by atoms with van der Waals surface area (Å²) in [5, 5.41) is 0. The van der Waals surface area contributed by atoms with Gasteiger partial charge in [-0.2, -0.15) is 0 Å². The molecule has 1 aliphatic rings. The van der Waals surface area contributed by atoms with Crippen molar-refractivity contribution in [2.45, 2.75) is 13.8 Å². The molecular formula is C16H15N3. The summed E-state index contributed by atoms with van der Waals surface area (Å²) in [6.07, 6.45) is 0. The first-order valence-electron chi connectivity index (χ1n) is 6.25. The minimum absolute atomic E-state index is 0.542. The van der Waals surface area contributed by atoms with Gasteiger partial charge < -0.3 is 5.73 Å². The first-order chi connectivity index (χ1) is 9.16. The van der Waals surface area contributed by atoms with Gasteiger partial charge in [0.05, 0.1) is 5.69 Å². The Morgan fingerprint density at radius 3 is 2.21 bits per heavy atom. The van der Waals surface area contributed by atoms with Gasteiger partial charge in [-0.05, 0) is 25.0 Å². The van der Waals surface area contributed by atoms with Crippen LogP contribution in [0.15, 0.2) is 52.4 Å². The topological polar surface area (TPSA) is 50.7 Å². The molecule has 3 rings (SSSR count). The Kier molecular flexibility index (Phi) is 2.67. The van der Waals surface area contributed by atoms with Crippen LogP contribution >= 0.6 is 0 Å². The van der Waals surface area contributed by atoms with Gasteiger partial charge in [0.25, 0.3) is 0 Å². The minimum atomic E-state index is 0.542. The van der Waals surface area contributed by atoms with Crippen LogP contribution in [-0.2, 0) is 0 Å². The summed E-state index contributed by atoms with van der Waals surface area (Å²) in [6, 6.07) is 14.1. The maximum Gasteiger partial charge on any atom is 0.162 e. The number of nitrogens with two attached hydrogens (primary N) is 1. The molecule has 0 fully saturated rings. The van der Waals surface area contributed by atoms with E-state index < -0.39 is 0 Å². The standard InChI is InChI=1S/C16H15N3/c1-10-6-5-7-11(2)14(10)18-16-13-9-4-3-8-12(13)15(17)19-16/h3-9H,1-2H3,(H2,17,18,19). The Labute approximate surface area is 112 Å². The van der Waals surface area contributed by atoms with Gasteiger partial charge in [-0.3, -0.25) is 0 Å². The number of amidine groups is 2. The van der Waals surface area contributed by atoms with Crippen molar-refractivity contribution in [1.29, 1.82) is 0 Å². The number of hydrogen-bond donors (Lipinski definition) is 1. The molecule has 0 bridgehead atoms. The Morgan fingerprint density at radius 1 is 0.895 bits per heavy atom. The maximum absolute atomic E-state index is 5.94. The highest BCUT2D eigenvalue weighted by Crippen LogP contribution is 2.26. The number of rotatable bonds is 1. The SMILES string of the molecule is Cc1cccc(C)c1N=C1N=C(N)c2ccccc21. The van der Waals surface area contributed by atoms with Crippen LogP contribution in [0.4, 0.5) is 5.69 Å². The van der Waals surface area contributed by atoms with Gasteiger partial charge in [0.2, 0.25) is 0 Å². The Hall–Kier alpha value is -2.42. The van der Waals surface area contributed by atoms with Crippen molar-refractivity contribution >= 4 is 17.4 Å². The van der Waals surface area contributed by atoms with Gasteiger partial charge in [0.1, 0.15) is 5.84 Å². The van der Waals surface area contributed by atoms with E-state index in [1.165, 1.54) is 0 Å². The molecule has 2 aromatic carbocycles. The van der Waals surface area contributed by atoms with Crippen molar-refractivity contribution in [3.63, 3.8) is 0 Å². The largest absolute Gasteiger partial charge is 0.383 e. The van der Waals surface area contributed by atoms with Gasteiger partial charge in [-0.15, -0.1) is 0 Å². The second kappa shape index (κ2) is 4.35. The molecule has 0 amide bonds. The van der Waals surface area contributed by atoms with Gasteiger partial charge in [-0.1, -0.05) is 42.5 Å². The molecule has 94 valence electrons. The first kappa shape index (κ1) is 11.7. The van der Waals surface area contributed by atoms with E-state index in [1.807, 2.05) is 30.3 Å². The fraction of sp³-hybridized carbons (Fsp3) is 0.125. The molecule has 1 aliphatic heterocycles. The van der Waals surface area contributed by atoms with E-state index in [2.05, 4.69) is 31.0 Å². The molecule has 0 aromatic heterocycles. The normalized spacial score (nSPS) is 15.5. The number of aryl methyl sites for hydroxylation is 2. The molecule has 3 nitrogen and oxygen atoms in total. The van der Waals surface area contributed by atoms with Gasteiger partial charge in [0.15, 0.2) is 5.84 Å². The van der Waals surface area contributed by atoms with E-state index in [0.29, 0.717) is 11.7 Å². The molecule has 0 spiro atoms. The zero-order valence-corrected chi connectivity index (χ0v) is 11.0. The van der Waals surface area contributed by atoms with E-state index in [-0.39, 0.29) is 0 Å². The number of aliphatic imine (C=N–C) groups is 2. The predicted molar refractivity (Wildman–Crippen MR) is 79.3 cm³/mol. The third-order valence-electron chi connectivity index (χ3n) is 3.33. The van der Waals surface area contributed by atoms with E-state index in [1.54, 1.807) is 0 Å². The second-order valence-electron chi connectivity index (χ2n) is 4.72. The number of nitrogens with zero attached hydrogens (tertiary/aromatic N) is 2. The molecule has 0 aliphatic carbocycles. The summed E-state index contributed by atoms with van der Waals surface area (Å²) in [5.74, 6) is 1.24. The van der Waals surface area contributed by atoms with Crippen molar-refractivity contribution in [3.8, 4) is 0 Å². The van der Waals surface area contributed by atoms with E-state index in [9.17, 15) is 0 Å². The highest BCUT2D eigenvalue weighted by molar-refractivity contribution is 6.22. The summed E-state index contributed by atoms with van der Waals surface area (Å²) in [5.41, 5.74) is 11.2. The van der Waals surface area contributed by atoms with Gasteiger partial charge in [-0.25, -0.2) is 9.98 Å². The monoisotopic (exact) mass is 249 g/mol. The molecule has 0 saturated heterocycles. The predicted octanol–water partition coefficient (Wildman–Crippen LogP) is 3.10. The average Bonchev–Trinajstić information content (AvgIpc) is 2.72. The van der Waals surface area contributed by atoms with Crippen LogP contribution in [-0.4, -0.2) is 11.7 Å². The lowest BCUT2D eigenvalue weighted by Gasteiger charge is -2.05. The number of hydrogen-bond acceptors (Lipinski definition) is 2. The molecule has 19 heavy (non-hydrogen) atoms. The summed E-state index contributed by atoms with van der Waals surface area (Å²) in [6.45, 7) is 4.11. The fourth-order valence-corrected chi connectivity index (χ4v) is 2.31. The summed E-state index contributed by atoms with van der Waals surface area (Å²) in [4.78, 5) is 9.08. The summed E-state index contributed by atoms with van der Waals surface area (Å²) in [7, 11) is 0. The van der Waals surface area contributed by atoms with Crippen molar-refractivity contribution < 1.29 is 0 Å². The number of benzene rings is 2. The molecule has 0 atom stereocenters. The smallest absolute Gasteiger partial charge is 0.162 e. The second-order valence-corrected chi connectivity index (χ2v) is 4.72. The van der Waals surface area contributed by atoms with Gasteiger partial charge >= 0.3 is 0 Å². The van der Waals surface area contributed by atoms with E-state index in [0.717, 1.165) is 27.9 Å². The lowest BCUT2D eigenvalue weighted by Crippen LogP contribution is -2.09. The number of fused-ring (bicyclic) bond motifs is 1. The van der Waals surface area contributed by atoms with Crippen LogP contribution in [0.25, 0.3) is 0 Å². The van der Waals surface area contributed by atoms with Crippen LogP contribution in [0, 0.1) is 13.8 Å². The average molecular weight is 249 g/mol. The van der Waals surface area contributed by atoms with E-state index in [4.69, 9.17) is 10.7 Å². The molecule has 2 N–H and O–H groups in total. The highest BCUT2D eigenvalue weighted by atomic mass is 15.0. The zero-order chi connectivity index (χ0) is 13.4. The molecule has 0 saturated carbocycles. The third-order valence-corrected chi connectivity index (χ3v) is 3.33. The van der Waals surface area contributed by atoms with Gasteiger partial charge in [0, 0.05) is 11.1 Å². The van der Waals surface area contributed by atoms with Crippen LogP contribution in [0.5, 0.6) is 0 Å². The third kappa shape index (κ3) is 1.93. The minimum Gasteiger partial charge on any atom is -0.383 e. The van der Waals surface area contributed by atoms with Crippen molar-refractivity contribution in [2.24, 2.45) is 15.7 Å². The Morgan fingerprint density at radius 2 is 1.53 bits per heavy atom. The molecule has 3 heteroatoms. The number of para-hydroxylation sites is 1. The maximum atomic E-state index is 5.94. The van der Waals surface area contributed by atoms with Crippen LogP contribution in [0.1, 0.15) is 22.3 Å².